The minimum Gasteiger partial charge on any atom is -0.394 e. The lowest BCUT2D eigenvalue weighted by Gasteiger charge is -2.33. The Kier molecular flexibility index (Phi) is 6.92. The number of carbonyl (C=O) groups excluding carboxylic acids is 3. The van der Waals surface area contributed by atoms with Gasteiger partial charge in [0.15, 0.2) is 0 Å². The smallest absolute Gasteiger partial charge is 0.243 e. The molecule has 0 unspecified atom stereocenters. The molecule has 2 aliphatic rings. The molecule has 6 atom stereocenters. The van der Waals surface area contributed by atoms with E-state index >= 15 is 0 Å². The van der Waals surface area contributed by atoms with Crippen LogP contribution < -0.4 is 10.6 Å². The van der Waals surface area contributed by atoms with Crippen LogP contribution in [0.5, 0.6) is 0 Å². The maximum absolute atomic E-state index is 13.4. The van der Waals surface area contributed by atoms with Crippen molar-refractivity contribution < 1.29 is 19.5 Å². The van der Waals surface area contributed by atoms with Crippen molar-refractivity contribution in [3.63, 3.8) is 0 Å². The summed E-state index contributed by atoms with van der Waals surface area (Å²) < 4.78 is 0. The predicted molar refractivity (Wildman–Crippen MR) is 113 cm³/mol. The summed E-state index contributed by atoms with van der Waals surface area (Å²) in [5.41, 5.74) is 0.960. The molecule has 1 heterocycles. The highest BCUT2D eigenvalue weighted by Gasteiger charge is 2.57. The maximum atomic E-state index is 13.4. The van der Waals surface area contributed by atoms with Crippen LogP contribution in [0, 0.1) is 23.7 Å². The van der Waals surface area contributed by atoms with Crippen molar-refractivity contribution in [3.8, 4) is 0 Å². The Morgan fingerprint density at radius 1 is 1.17 bits per heavy atom. The second-order valence-corrected chi connectivity index (χ2v) is 8.13. The molecule has 1 aliphatic carbocycles. The molecule has 0 bridgehead atoms. The number of carbonyl (C=O) groups is 3. The molecule has 7 nitrogen and oxygen atoms in total. The van der Waals surface area contributed by atoms with E-state index in [9.17, 15) is 19.5 Å². The van der Waals surface area contributed by atoms with Gasteiger partial charge in [-0.05, 0) is 24.8 Å². The number of allylic oxidation sites excluding steroid dienone is 1. The number of benzene rings is 1. The Morgan fingerprint density at radius 3 is 2.47 bits per heavy atom. The zero-order chi connectivity index (χ0) is 21.8. The van der Waals surface area contributed by atoms with Gasteiger partial charge in [0.1, 0.15) is 6.04 Å². The molecule has 1 fully saturated rings. The monoisotopic (exact) mass is 413 g/mol. The summed E-state index contributed by atoms with van der Waals surface area (Å²) in [7, 11) is 1.57. The topological polar surface area (TPSA) is 98.7 Å². The molecule has 0 aromatic heterocycles. The van der Waals surface area contributed by atoms with Gasteiger partial charge in [0.2, 0.25) is 17.7 Å². The van der Waals surface area contributed by atoms with E-state index < -0.39 is 29.8 Å². The first kappa shape index (κ1) is 22.0. The Bertz CT molecular complexity index is 810. The molecule has 1 aliphatic heterocycles. The minimum absolute atomic E-state index is 0.0624. The van der Waals surface area contributed by atoms with Gasteiger partial charge < -0.3 is 20.6 Å². The first-order valence-electron chi connectivity index (χ1n) is 10.6. The van der Waals surface area contributed by atoms with E-state index in [1.807, 2.05) is 49.4 Å². The number of amides is 3. The van der Waals surface area contributed by atoms with Crippen LogP contribution in [0.3, 0.4) is 0 Å². The predicted octanol–water partition coefficient (Wildman–Crippen LogP) is 1.08. The lowest BCUT2D eigenvalue weighted by molar-refractivity contribution is -0.143. The average Bonchev–Trinajstić information content (AvgIpc) is 3.08. The van der Waals surface area contributed by atoms with E-state index in [0.29, 0.717) is 6.54 Å². The Balaban J connectivity index is 1.92. The molecule has 0 spiro atoms. The molecule has 3 amide bonds. The number of nitrogens with zero attached hydrogens (tertiary/aromatic N) is 1. The summed E-state index contributed by atoms with van der Waals surface area (Å²) >= 11 is 0. The van der Waals surface area contributed by atoms with E-state index in [0.717, 1.165) is 12.0 Å². The lowest BCUT2D eigenvalue weighted by atomic mass is 9.69. The van der Waals surface area contributed by atoms with Crippen LogP contribution in [0.25, 0.3) is 0 Å². The SMILES string of the molecule is CC[C@@H]1C=C[C@H]2[C@H](C(=O)N([C@H](C)CO)[C@@H]2C(=O)NCc2ccccc2)[C@@H]1C(=O)NC. The van der Waals surface area contributed by atoms with Crippen molar-refractivity contribution >= 4 is 17.7 Å². The third kappa shape index (κ3) is 3.99. The fourth-order valence-corrected chi connectivity index (χ4v) is 4.81. The summed E-state index contributed by atoms with van der Waals surface area (Å²) in [6, 6.07) is 8.28. The standard InChI is InChI=1S/C23H31N3O4/c1-4-16-10-11-17-19(18(16)21(28)24-3)23(30)26(14(2)13-27)20(17)22(29)25-12-15-8-6-5-7-9-15/h5-11,14,16-20,27H,4,12-13H2,1-3H3,(H,24,28)(H,25,29)/t14-,16-,17+,18-,19+,20+/m1/s1. The van der Waals surface area contributed by atoms with E-state index in [1.165, 1.54) is 4.90 Å². The third-order valence-electron chi connectivity index (χ3n) is 6.39. The quantitative estimate of drug-likeness (QED) is 0.583. The van der Waals surface area contributed by atoms with Crippen LogP contribution in [-0.4, -0.2) is 53.5 Å². The van der Waals surface area contributed by atoms with Crippen LogP contribution in [0.4, 0.5) is 0 Å². The van der Waals surface area contributed by atoms with Gasteiger partial charge in [-0.3, -0.25) is 14.4 Å². The second kappa shape index (κ2) is 9.43. The van der Waals surface area contributed by atoms with Crippen molar-refractivity contribution in [2.45, 2.75) is 38.9 Å². The van der Waals surface area contributed by atoms with Crippen LogP contribution in [0.15, 0.2) is 42.5 Å². The van der Waals surface area contributed by atoms with E-state index in [4.69, 9.17) is 0 Å². The molecule has 30 heavy (non-hydrogen) atoms. The first-order chi connectivity index (χ1) is 14.4. The molecule has 0 saturated carbocycles. The number of hydrogen-bond acceptors (Lipinski definition) is 4. The number of hydrogen-bond donors (Lipinski definition) is 3. The summed E-state index contributed by atoms with van der Waals surface area (Å²) in [5, 5.41) is 15.4. The van der Waals surface area contributed by atoms with E-state index in [1.54, 1.807) is 14.0 Å². The van der Waals surface area contributed by atoms with Gasteiger partial charge in [-0.1, -0.05) is 49.4 Å². The molecule has 3 N–H and O–H groups in total. The number of aliphatic hydroxyl groups excluding tert-OH is 1. The van der Waals surface area contributed by atoms with Gasteiger partial charge in [-0.2, -0.15) is 0 Å². The fraction of sp³-hybridized carbons (Fsp3) is 0.522. The van der Waals surface area contributed by atoms with Gasteiger partial charge in [-0.15, -0.1) is 0 Å². The largest absolute Gasteiger partial charge is 0.394 e. The fourth-order valence-electron chi connectivity index (χ4n) is 4.81. The Morgan fingerprint density at radius 2 is 1.87 bits per heavy atom. The highest BCUT2D eigenvalue weighted by Crippen LogP contribution is 2.45. The average molecular weight is 414 g/mol. The molecule has 3 rings (SSSR count). The molecular weight excluding hydrogens is 382 g/mol. The summed E-state index contributed by atoms with van der Waals surface area (Å²) in [4.78, 5) is 40.8. The van der Waals surface area contributed by atoms with Crippen molar-refractivity contribution in [1.82, 2.24) is 15.5 Å². The molecule has 1 aromatic carbocycles. The zero-order valence-electron chi connectivity index (χ0n) is 17.7. The third-order valence-corrected chi connectivity index (χ3v) is 6.39. The molecule has 162 valence electrons. The van der Waals surface area contributed by atoms with Crippen molar-refractivity contribution in [1.29, 1.82) is 0 Å². The first-order valence-corrected chi connectivity index (χ1v) is 10.6. The molecule has 7 heteroatoms. The Hall–Kier alpha value is -2.67. The lowest BCUT2D eigenvalue weighted by Crippen LogP contribution is -2.51. The normalized spacial score (nSPS) is 28.7. The van der Waals surface area contributed by atoms with Crippen molar-refractivity contribution in [3.05, 3.63) is 48.0 Å². The van der Waals surface area contributed by atoms with Crippen molar-refractivity contribution in [2.24, 2.45) is 23.7 Å². The van der Waals surface area contributed by atoms with Crippen LogP contribution in [0.2, 0.25) is 0 Å². The highest BCUT2D eigenvalue weighted by molar-refractivity contribution is 5.97. The molecular formula is C23H31N3O4. The number of likely N-dealkylation sites (tertiary alicyclic amines) is 1. The van der Waals surface area contributed by atoms with Gasteiger partial charge in [0.25, 0.3) is 0 Å². The van der Waals surface area contributed by atoms with Gasteiger partial charge in [-0.25, -0.2) is 0 Å². The van der Waals surface area contributed by atoms with Crippen LogP contribution >= 0.6 is 0 Å². The Labute approximate surface area is 177 Å². The number of aliphatic hydroxyl groups is 1. The number of fused-ring (bicyclic) bond motifs is 1. The molecule has 1 saturated heterocycles. The van der Waals surface area contributed by atoms with E-state index in [2.05, 4.69) is 10.6 Å². The highest BCUT2D eigenvalue weighted by atomic mass is 16.3. The molecule has 1 aromatic rings. The zero-order valence-corrected chi connectivity index (χ0v) is 17.7. The number of rotatable bonds is 7. The summed E-state index contributed by atoms with van der Waals surface area (Å²) in [6.07, 6.45) is 4.62. The van der Waals surface area contributed by atoms with Gasteiger partial charge in [0, 0.05) is 19.5 Å². The van der Waals surface area contributed by atoms with Gasteiger partial charge in [0.05, 0.1) is 24.5 Å². The summed E-state index contributed by atoms with van der Waals surface area (Å²) in [5.74, 6) is -2.30. The maximum Gasteiger partial charge on any atom is 0.243 e. The second-order valence-electron chi connectivity index (χ2n) is 8.13. The minimum atomic E-state index is -0.755. The van der Waals surface area contributed by atoms with E-state index in [-0.39, 0.29) is 30.2 Å². The molecule has 0 radical (unpaired) electrons. The van der Waals surface area contributed by atoms with Crippen LogP contribution in [-0.2, 0) is 20.9 Å². The van der Waals surface area contributed by atoms with Crippen LogP contribution in [0.1, 0.15) is 25.8 Å². The summed E-state index contributed by atoms with van der Waals surface area (Å²) in [6.45, 7) is 3.81. The number of nitrogens with one attached hydrogen (secondary N) is 2. The van der Waals surface area contributed by atoms with Gasteiger partial charge >= 0.3 is 0 Å². The van der Waals surface area contributed by atoms with Crippen molar-refractivity contribution in [2.75, 3.05) is 13.7 Å².